The van der Waals surface area contributed by atoms with Crippen molar-refractivity contribution in [2.45, 2.75) is 31.2 Å². The molecule has 1 aromatic rings. The Morgan fingerprint density at radius 2 is 2.06 bits per heavy atom. The van der Waals surface area contributed by atoms with Crippen molar-refractivity contribution in [2.24, 2.45) is 5.73 Å². The third kappa shape index (κ3) is 2.85. The molecule has 1 aliphatic rings. The Labute approximate surface area is 113 Å². The Kier molecular flexibility index (Phi) is 4.25. The first-order valence-electron chi connectivity index (χ1n) is 6.34. The minimum absolute atomic E-state index is 0.206. The standard InChI is InChI=1S/C14H19ClN2O/c1-17-9-3-2-4-12(17)13(14(16)18)10-5-7-11(15)8-6-10/h5-8,12-13H,2-4,9H2,1H3,(H2,16,18)/t12-,13-/m0/s1. The van der Waals surface area contributed by atoms with Crippen LogP contribution < -0.4 is 5.73 Å². The number of hydrogen-bond donors (Lipinski definition) is 1. The fourth-order valence-corrected chi connectivity index (χ4v) is 2.89. The van der Waals surface area contributed by atoms with Gasteiger partial charge in [0.25, 0.3) is 0 Å². The highest BCUT2D eigenvalue weighted by Gasteiger charge is 2.32. The fraction of sp³-hybridized carbons (Fsp3) is 0.500. The summed E-state index contributed by atoms with van der Waals surface area (Å²) in [4.78, 5) is 14.0. The van der Waals surface area contributed by atoms with E-state index in [2.05, 4.69) is 11.9 Å². The fourth-order valence-electron chi connectivity index (χ4n) is 2.77. The van der Waals surface area contributed by atoms with Crippen molar-refractivity contribution in [3.63, 3.8) is 0 Å². The second kappa shape index (κ2) is 5.72. The van der Waals surface area contributed by atoms with Crippen LogP contribution in [0.5, 0.6) is 0 Å². The Morgan fingerprint density at radius 3 is 2.61 bits per heavy atom. The lowest BCUT2D eigenvalue weighted by Crippen LogP contribution is -2.45. The van der Waals surface area contributed by atoms with Crippen LogP contribution in [0.15, 0.2) is 24.3 Å². The number of benzene rings is 1. The van der Waals surface area contributed by atoms with E-state index in [-0.39, 0.29) is 17.9 Å². The number of nitrogens with zero attached hydrogens (tertiary/aromatic N) is 1. The van der Waals surface area contributed by atoms with E-state index in [4.69, 9.17) is 17.3 Å². The molecule has 0 spiro atoms. The van der Waals surface area contributed by atoms with Crippen molar-refractivity contribution < 1.29 is 4.79 Å². The van der Waals surface area contributed by atoms with Crippen LogP contribution in [0.2, 0.25) is 5.02 Å². The highest BCUT2D eigenvalue weighted by Crippen LogP contribution is 2.30. The predicted molar refractivity (Wildman–Crippen MR) is 73.7 cm³/mol. The highest BCUT2D eigenvalue weighted by molar-refractivity contribution is 6.30. The van der Waals surface area contributed by atoms with E-state index in [1.54, 1.807) is 0 Å². The molecule has 0 radical (unpaired) electrons. The van der Waals surface area contributed by atoms with Gasteiger partial charge in [-0.15, -0.1) is 0 Å². The smallest absolute Gasteiger partial charge is 0.226 e. The molecule has 0 saturated carbocycles. The minimum Gasteiger partial charge on any atom is -0.369 e. The van der Waals surface area contributed by atoms with Crippen LogP contribution >= 0.6 is 11.6 Å². The van der Waals surface area contributed by atoms with E-state index in [9.17, 15) is 4.79 Å². The first-order valence-corrected chi connectivity index (χ1v) is 6.72. The number of carbonyl (C=O) groups is 1. The molecule has 4 heteroatoms. The van der Waals surface area contributed by atoms with Gasteiger partial charge in [0.1, 0.15) is 0 Å². The third-order valence-corrected chi connectivity index (χ3v) is 4.00. The lowest BCUT2D eigenvalue weighted by molar-refractivity contribution is -0.121. The molecule has 0 bridgehead atoms. The average molecular weight is 267 g/mol. The van der Waals surface area contributed by atoms with Gasteiger partial charge < -0.3 is 10.6 Å². The molecule has 18 heavy (non-hydrogen) atoms. The summed E-state index contributed by atoms with van der Waals surface area (Å²) >= 11 is 5.88. The summed E-state index contributed by atoms with van der Waals surface area (Å²) < 4.78 is 0. The van der Waals surface area contributed by atoms with Gasteiger partial charge >= 0.3 is 0 Å². The molecule has 98 valence electrons. The zero-order valence-electron chi connectivity index (χ0n) is 10.6. The van der Waals surface area contributed by atoms with Crippen LogP contribution in [0.4, 0.5) is 0 Å². The lowest BCUT2D eigenvalue weighted by Gasteiger charge is -2.37. The van der Waals surface area contributed by atoms with Crippen molar-refractivity contribution in [2.75, 3.05) is 13.6 Å². The predicted octanol–water partition coefficient (Wildman–Crippen LogP) is 2.39. The molecule has 2 N–H and O–H groups in total. The Morgan fingerprint density at radius 1 is 1.39 bits per heavy atom. The molecule has 0 unspecified atom stereocenters. The van der Waals surface area contributed by atoms with Crippen molar-refractivity contribution in [1.82, 2.24) is 4.90 Å². The highest BCUT2D eigenvalue weighted by atomic mass is 35.5. The summed E-state index contributed by atoms with van der Waals surface area (Å²) in [5.74, 6) is -0.497. The van der Waals surface area contributed by atoms with Gasteiger partial charge in [0.2, 0.25) is 5.91 Å². The zero-order valence-corrected chi connectivity index (χ0v) is 11.4. The van der Waals surface area contributed by atoms with Crippen LogP contribution in [-0.2, 0) is 4.79 Å². The number of primary amides is 1. The first kappa shape index (κ1) is 13.4. The second-order valence-corrected chi connectivity index (χ2v) is 5.41. The molecular formula is C14H19ClN2O. The molecule has 1 amide bonds. The van der Waals surface area contributed by atoms with E-state index >= 15 is 0 Å². The van der Waals surface area contributed by atoms with Gasteiger partial charge in [0, 0.05) is 11.1 Å². The maximum atomic E-state index is 11.8. The summed E-state index contributed by atoms with van der Waals surface area (Å²) in [6.07, 6.45) is 3.37. The molecule has 1 heterocycles. The number of amides is 1. The van der Waals surface area contributed by atoms with Gasteiger partial charge in [-0.1, -0.05) is 30.2 Å². The van der Waals surface area contributed by atoms with Gasteiger partial charge in [-0.3, -0.25) is 4.79 Å². The number of hydrogen-bond acceptors (Lipinski definition) is 2. The number of nitrogens with two attached hydrogens (primary N) is 1. The summed E-state index contributed by atoms with van der Waals surface area (Å²) in [5, 5.41) is 0.680. The Bertz CT molecular complexity index is 418. The molecule has 2 atom stereocenters. The molecule has 1 aliphatic heterocycles. The number of halogens is 1. The van der Waals surface area contributed by atoms with E-state index < -0.39 is 0 Å². The van der Waals surface area contributed by atoms with E-state index in [1.807, 2.05) is 24.3 Å². The molecule has 1 saturated heterocycles. The largest absolute Gasteiger partial charge is 0.369 e. The van der Waals surface area contributed by atoms with Gasteiger partial charge in [0.15, 0.2) is 0 Å². The maximum absolute atomic E-state index is 11.8. The van der Waals surface area contributed by atoms with Gasteiger partial charge in [-0.25, -0.2) is 0 Å². The first-order chi connectivity index (χ1) is 8.59. The van der Waals surface area contributed by atoms with Gasteiger partial charge in [-0.2, -0.15) is 0 Å². The Hall–Kier alpha value is -1.06. The second-order valence-electron chi connectivity index (χ2n) is 4.98. The van der Waals surface area contributed by atoms with E-state index in [0.29, 0.717) is 5.02 Å². The van der Waals surface area contributed by atoms with Gasteiger partial charge in [0.05, 0.1) is 5.92 Å². The minimum atomic E-state index is -0.254. The summed E-state index contributed by atoms with van der Waals surface area (Å²) in [7, 11) is 2.07. The SMILES string of the molecule is CN1CCCC[C@H]1[C@@H](C(N)=O)c1ccc(Cl)cc1. The summed E-state index contributed by atoms with van der Waals surface area (Å²) in [5.41, 5.74) is 6.56. The van der Waals surface area contributed by atoms with Crippen molar-refractivity contribution in [3.05, 3.63) is 34.9 Å². The lowest BCUT2D eigenvalue weighted by atomic mass is 9.85. The van der Waals surface area contributed by atoms with Crippen LogP contribution in [0.1, 0.15) is 30.7 Å². The van der Waals surface area contributed by atoms with Crippen molar-refractivity contribution >= 4 is 17.5 Å². The van der Waals surface area contributed by atoms with E-state index in [1.165, 1.54) is 6.42 Å². The third-order valence-electron chi connectivity index (χ3n) is 3.75. The molecule has 0 aromatic heterocycles. The zero-order chi connectivity index (χ0) is 13.1. The normalized spacial score (nSPS) is 22.7. The molecule has 3 nitrogen and oxygen atoms in total. The van der Waals surface area contributed by atoms with Crippen LogP contribution in [0, 0.1) is 0 Å². The monoisotopic (exact) mass is 266 g/mol. The molecule has 1 fully saturated rings. The van der Waals surface area contributed by atoms with Crippen LogP contribution in [0.3, 0.4) is 0 Å². The quantitative estimate of drug-likeness (QED) is 0.913. The summed E-state index contributed by atoms with van der Waals surface area (Å²) in [6.45, 7) is 1.03. The van der Waals surface area contributed by atoms with Crippen molar-refractivity contribution in [3.8, 4) is 0 Å². The number of carbonyl (C=O) groups excluding carboxylic acids is 1. The van der Waals surface area contributed by atoms with E-state index in [0.717, 1.165) is 24.9 Å². The summed E-state index contributed by atoms with van der Waals surface area (Å²) in [6, 6.07) is 7.64. The molecule has 1 aromatic carbocycles. The van der Waals surface area contributed by atoms with Crippen molar-refractivity contribution in [1.29, 1.82) is 0 Å². The topological polar surface area (TPSA) is 46.3 Å². The number of likely N-dealkylation sites (N-methyl/N-ethyl adjacent to an activating group) is 1. The maximum Gasteiger partial charge on any atom is 0.226 e. The molecule has 2 rings (SSSR count). The van der Waals surface area contributed by atoms with Gasteiger partial charge in [-0.05, 0) is 44.1 Å². The number of piperidine rings is 1. The van der Waals surface area contributed by atoms with Crippen LogP contribution in [-0.4, -0.2) is 30.4 Å². The molecule has 0 aliphatic carbocycles. The average Bonchev–Trinajstić information content (AvgIpc) is 2.34. The number of likely N-dealkylation sites (tertiary alicyclic amines) is 1. The molecular weight excluding hydrogens is 248 g/mol. The number of rotatable bonds is 3. The Balaban J connectivity index is 2.27. The van der Waals surface area contributed by atoms with Crippen LogP contribution in [0.25, 0.3) is 0 Å².